The minimum Gasteiger partial charge on any atom is -0.460 e. The summed E-state index contributed by atoms with van der Waals surface area (Å²) in [5.74, 6) is 1.04. The fraction of sp³-hybridized carbons (Fsp3) is 0.0667. The Balaban J connectivity index is 1.65. The third-order valence-electron chi connectivity index (χ3n) is 2.99. The van der Waals surface area contributed by atoms with Gasteiger partial charge in [-0.3, -0.25) is 19.6 Å². The molecule has 3 aromatic rings. The van der Waals surface area contributed by atoms with Crippen molar-refractivity contribution in [3.8, 4) is 0 Å². The first kappa shape index (κ1) is 14.9. The van der Waals surface area contributed by atoms with Gasteiger partial charge in [-0.1, -0.05) is 6.07 Å². The van der Waals surface area contributed by atoms with Gasteiger partial charge in [0.05, 0.1) is 16.3 Å². The molecule has 0 aliphatic heterocycles. The van der Waals surface area contributed by atoms with Crippen LogP contribution in [0, 0.1) is 10.1 Å². The molecule has 0 amide bonds. The molecule has 0 N–H and O–H groups in total. The quantitative estimate of drug-likeness (QED) is 0.299. The largest absolute Gasteiger partial charge is 0.460 e. The van der Waals surface area contributed by atoms with Crippen LogP contribution in [0.3, 0.4) is 0 Å². The van der Waals surface area contributed by atoms with Gasteiger partial charge in [-0.15, -0.1) is 11.3 Å². The fourth-order valence-corrected chi connectivity index (χ4v) is 2.57. The first-order valence-corrected chi connectivity index (χ1v) is 7.51. The lowest BCUT2D eigenvalue weighted by Gasteiger charge is -1.95. The van der Waals surface area contributed by atoms with E-state index in [2.05, 4.69) is 5.10 Å². The maximum Gasteiger partial charge on any atom is 0.307 e. The van der Waals surface area contributed by atoms with Gasteiger partial charge < -0.3 is 4.42 Å². The lowest BCUT2D eigenvalue weighted by Crippen LogP contribution is -1.98. The molecule has 8 heteroatoms. The number of carbonyl (C=O) groups is 1. The number of hydrogen-bond acceptors (Lipinski definition) is 6. The Bertz CT molecular complexity index is 861. The summed E-state index contributed by atoms with van der Waals surface area (Å²) >= 11 is 1.38. The van der Waals surface area contributed by atoms with Gasteiger partial charge in [-0.2, -0.15) is 5.10 Å². The van der Waals surface area contributed by atoms with E-state index in [-0.39, 0.29) is 18.0 Å². The van der Waals surface area contributed by atoms with E-state index in [1.165, 1.54) is 34.5 Å². The molecule has 3 aromatic heterocycles. The lowest BCUT2D eigenvalue weighted by molar-refractivity contribution is -0.385. The molecule has 0 saturated carbocycles. The van der Waals surface area contributed by atoms with Crippen LogP contribution in [-0.4, -0.2) is 20.5 Å². The van der Waals surface area contributed by atoms with Crippen molar-refractivity contribution >= 4 is 28.9 Å². The molecule has 0 aliphatic rings. The summed E-state index contributed by atoms with van der Waals surface area (Å²) in [6.45, 7) is 0.278. The van der Waals surface area contributed by atoms with Gasteiger partial charge in [-0.25, -0.2) is 0 Å². The Morgan fingerprint density at radius 3 is 3.00 bits per heavy atom. The van der Waals surface area contributed by atoms with Gasteiger partial charge >= 0.3 is 5.69 Å². The summed E-state index contributed by atoms with van der Waals surface area (Å²) in [5.41, 5.74) is -0.0711. The minimum absolute atomic E-state index is 0.0711. The predicted octanol–water partition coefficient (Wildman–Crippen LogP) is 3.39. The molecule has 0 aliphatic carbocycles. The van der Waals surface area contributed by atoms with Gasteiger partial charge in [0.2, 0.25) is 0 Å². The van der Waals surface area contributed by atoms with Crippen LogP contribution in [0.15, 0.2) is 52.5 Å². The second kappa shape index (κ2) is 6.41. The highest BCUT2D eigenvalue weighted by Crippen LogP contribution is 2.15. The smallest absolute Gasteiger partial charge is 0.307 e. The summed E-state index contributed by atoms with van der Waals surface area (Å²) in [6, 6.07) is 7.05. The van der Waals surface area contributed by atoms with Crippen LogP contribution in [0.25, 0.3) is 6.08 Å². The first-order chi connectivity index (χ1) is 11.1. The molecule has 0 saturated heterocycles. The molecule has 0 radical (unpaired) electrons. The van der Waals surface area contributed by atoms with Gasteiger partial charge in [-0.05, 0) is 35.7 Å². The zero-order valence-electron chi connectivity index (χ0n) is 11.8. The number of nitro groups is 1. The van der Waals surface area contributed by atoms with E-state index < -0.39 is 4.92 Å². The van der Waals surface area contributed by atoms with E-state index in [4.69, 9.17) is 4.42 Å². The topological polar surface area (TPSA) is 91.2 Å². The van der Waals surface area contributed by atoms with Crippen LogP contribution in [0.2, 0.25) is 0 Å². The molecule has 3 rings (SSSR count). The van der Waals surface area contributed by atoms with Gasteiger partial charge in [0, 0.05) is 0 Å². The van der Waals surface area contributed by atoms with Crippen LogP contribution < -0.4 is 0 Å². The molecular formula is C15H11N3O4S. The molecule has 0 aromatic carbocycles. The van der Waals surface area contributed by atoms with Crippen molar-refractivity contribution in [3.63, 3.8) is 0 Å². The number of hydrogen-bond donors (Lipinski definition) is 0. The minimum atomic E-state index is -0.504. The zero-order valence-corrected chi connectivity index (χ0v) is 12.6. The normalized spacial score (nSPS) is 11.1. The van der Waals surface area contributed by atoms with Gasteiger partial charge in [0.1, 0.15) is 23.9 Å². The third kappa shape index (κ3) is 3.61. The van der Waals surface area contributed by atoms with Gasteiger partial charge in [0.15, 0.2) is 5.78 Å². The van der Waals surface area contributed by atoms with Crippen LogP contribution in [0.4, 0.5) is 5.69 Å². The highest BCUT2D eigenvalue weighted by atomic mass is 32.1. The predicted molar refractivity (Wildman–Crippen MR) is 84.4 cm³/mol. The highest BCUT2D eigenvalue weighted by Gasteiger charge is 2.10. The Hall–Kier alpha value is -3.00. The molecule has 0 unspecified atom stereocenters. The Morgan fingerprint density at radius 1 is 1.43 bits per heavy atom. The van der Waals surface area contributed by atoms with E-state index in [0.717, 1.165) is 0 Å². The summed E-state index contributed by atoms with van der Waals surface area (Å²) in [7, 11) is 0. The van der Waals surface area contributed by atoms with Crippen molar-refractivity contribution in [2.45, 2.75) is 6.54 Å². The Kier molecular flexibility index (Phi) is 4.15. The number of rotatable bonds is 6. The monoisotopic (exact) mass is 329 g/mol. The average molecular weight is 329 g/mol. The number of carbonyl (C=O) groups excluding carboxylic acids is 1. The van der Waals surface area contributed by atoms with Crippen molar-refractivity contribution < 1.29 is 14.1 Å². The summed E-state index contributed by atoms with van der Waals surface area (Å²) in [5, 5.41) is 16.3. The molecule has 3 heterocycles. The van der Waals surface area contributed by atoms with Crippen molar-refractivity contribution in [1.29, 1.82) is 0 Å². The number of ketones is 1. The SMILES string of the molecule is O=C(/C=C/c1ccc(Cn2cc([N+](=O)[O-])cn2)o1)c1cccs1. The van der Waals surface area contributed by atoms with Crippen molar-refractivity contribution in [2.75, 3.05) is 0 Å². The number of furan rings is 1. The summed E-state index contributed by atoms with van der Waals surface area (Å²) in [6.07, 6.45) is 5.56. The maximum absolute atomic E-state index is 11.8. The zero-order chi connectivity index (χ0) is 16.2. The van der Waals surface area contributed by atoms with E-state index in [1.807, 2.05) is 11.4 Å². The standard InChI is InChI=1S/C15H11N3O4S/c19-14(15-2-1-7-23-15)6-5-12-3-4-13(22-12)10-17-9-11(8-16-17)18(20)21/h1-9H,10H2/b6-5+. The number of nitrogens with zero attached hydrogens (tertiary/aromatic N) is 3. The van der Waals surface area contributed by atoms with Crippen molar-refractivity contribution in [2.24, 2.45) is 0 Å². The summed E-state index contributed by atoms with van der Waals surface area (Å²) < 4.78 is 6.98. The number of thiophene rings is 1. The van der Waals surface area contributed by atoms with Crippen LogP contribution in [0.5, 0.6) is 0 Å². The molecule has 23 heavy (non-hydrogen) atoms. The van der Waals surface area contributed by atoms with Crippen LogP contribution in [0.1, 0.15) is 21.2 Å². The fourth-order valence-electron chi connectivity index (χ4n) is 1.92. The molecule has 0 atom stereocenters. The number of aromatic nitrogens is 2. The second-order valence-electron chi connectivity index (χ2n) is 4.63. The van der Waals surface area contributed by atoms with Crippen LogP contribution in [-0.2, 0) is 6.54 Å². The third-order valence-corrected chi connectivity index (χ3v) is 3.88. The Labute approximate surface area is 134 Å². The maximum atomic E-state index is 11.8. The van der Waals surface area contributed by atoms with E-state index in [9.17, 15) is 14.9 Å². The van der Waals surface area contributed by atoms with E-state index >= 15 is 0 Å². The molecule has 0 spiro atoms. The first-order valence-electron chi connectivity index (χ1n) is 6.63. The molecule has 0 bridgehead atoms. The van der Waals surface area contributed by atoms with E-state index in [0.29, 0.717) is 16.4 Å². The van der Waals surface area contributed by atoms with Gasteiger partial charge in [0.25, 0.3) is 0 Å². The molecule has 7 nitrogen and oxygen atoms in total. The second-order valence-corrected chi connectivity index (χ2v) is 5.58. The van der Waals surface area contributed by atoms with Crippen molar-refractivity contribution in [1.82, 2.24) is 9.78 Å². The molecule has 0 fully saturated rings. The average Bonchev–Trinajstić information content (AvgIpc) is 3.27. The highest BCUT2D eigenvalue weighted by molar-refractivity contribution is 7.12. The number of allylic oxidation sites excluding steroid dienone is 1. The summed E-state index contributed by atoms with van der Waals surface area (Å²) in [4.78, 5) is 22.6. The van der Waals surface area contributed by atoms with E-state index in [1.54, 1.807) is 24.3 Å². The van der Waals surface area contributed by atoms with Crippen LogP contribution >= 0.6 is 11.3 Å². The lowest BCUT2D eigenvalue weighted by atomic mass is 10.3. The molecular weight excluding hydrogens is 318 g/mol. The van der Waals surface area contributed by atoms with Crippen molar-refractivity contribution in [3.05, 3.63) is 74.6 Å². The Morgan fingerprint density at radius 2 is 2.30 bits per heavy atom. The molecule has 116 valence electrons.